The predicted octanol–water partition coefficient (Wildman–Crippen LogP) is 2.25. The maximum atomic E-state index is 12.3. The van der Waals surface area contributed by atoms with Crippen molar-refractivity contribution in [2.45, 2.75) is 6.92 Å². The molecule has 0 spiro atoms. The molecule has 5 nitrogen and oxygen atoms in total. The van der Waals surface area contributed by atoms with Crippen molar-refractivity contribution in [1.82, 2.24) is 19.8 Å². The molecule has 19 heavy (non-hydrogen) atoms. The van der Waals surface area contributed by atoms with Crippen molar-refractivity contribution in [3.8, 4) is 11.3 Å². The zero-order valence-corrected chi connectivity index (χ0v) is 11.0. The fourth-order valence-electron chi connectivity index (χ4n) is 1.72. The second-order valence-corrected chi connectivity index (χ2v) is 4.84. The lowest BCUT2D eigenvalue weighted by Gasteiger charge is -1.97. The van der Waals surface area contributed by atoms with Crippen LogP contribution >= 0.6 is 11.3 Å². The summed E-state index contributed by atoms with van der Waals surface area (Å²) in [6, 6.07) is 9.27. The van der Waals surface area contributed by atoms with E-state index in [9.17, 15) is 4.79 Å². The van der Waals surface area contributed by atoms with Gasteiger partial charge in [-0.3, -0.25) is 4.79 Å². The lowest BCUT2D eigenvalue weighted by atomic mass is 10.2. The summed E-state index contributed by atoms with van der Waals surface area (Å²) < 4.78 is 1.30. The molecule has 1 aromatic carbocycles. The van der Waals surface area contributed by atoms with Gasteiger partial charge in [0.15, 0.2) is 5.69 Å². The minimum absolute atomic E-state index is 0.247. The van der Waals surface area contributed by atoms with E-state index in [1.165, 1.54) is 15.9 Å². The summed E-state index contributed by atoms with van der Waals surface area (Å²) in [6.45, 7) is 1.90. The first-order valence-corrected chi connectivity index (χ1v) is 6.56. The number of fused-ring (bicyclic) bond motifs is 1. The summed E-state index contributed by atoms with van der Waals surface area (Å²) in [6.07, 6.45) is 3.70. The lowest BCUT2D eigenvalue weighted by molar-refractivity contribution is 0.856. The quantitative estimate of drug-likeness (QED) is 0.716. The molecule has 94 valence electrons. The van der Waals surface area contributed by atoms with Crippen LogP contribution in [0.15, 0.2) is 41.2 Å². The zero-order valence-electron chi connectivity index (χ0n) is 10.1. The van der Waals surface area contributed by atoms with Crippen molar-refractivity contribution in [3.63, 3.8) is 0 Å². The van der Waals surface area contributed by atoms with Gasteiger partial charge < -0.3 is 0 Å². The van der Waals surface area contributed by atoms with E-state index in [-0.39, 0.29) is 5.56 Å². The van der Waals surface area contributed by atoms with Crippen molar-refractivity contribution in [2.75, 3.05) is 0 Å². The average molecular weight is 270 g/mol. The number of hydrogen-bond acceptors (Lipinski definition) is 5. The van der Waals surface area contributed by atoms with Crippen molar-refractivity contribution >= 4 is 22.4 Å². The van der Waals surface area contributed by atoms with Gasteiger partial charge in [-0.1, -0.05) is 47.7 Å². The molecule has 0 N–H and O–H groups in total. The van der Waals surface area contributed by atoms with Gasteiger partial charge in [0.2, 0.25) is 4.96 Å². The number of rotatable bonds is 2. The van der Waals surface area contributed by atoms with Crippen LogP contribution < -0.4 is 5.56 Å². The second-order valence-electron chi connectivity index (χ2n) is 3.85. The van der Waals surface area contributed by atoms with E-state index in [0.717, 1.165) is 10.6 Å². The van der Waals surface area contributed by atoms with E-state index in [1.807, 2.05) is 49.4 Å². The van der Waals surface area contributed by atoms with E-state index in [2.05, 4.69) is 15.3 Å². The van der Waals surface area contributed by atoms with Gasteiger partial charge in [-0.25, -0.2) is 0 Å². The lowest BCUT2D eigenvalue weighted by Crippen LogP contribution is -2.19. The Morgan fingerprint density at radius 3 is 2.74 bits per heavy atom. The molecule has 2 heterocycles. The molecule has 6 heteroatoms. The number of allylic oxidation sites excluding steroid dienone is 1. The first-order valence-electron chi connectivity index (χ1n) is 5.74. The van der Waals surface area contributed by atoms with Gasteiger partial charge in [-0.2, -0.15) is 9.61 Å². The first kappa shape index (κ1) is 11.7. The third-order valence-corrected chi connectivity index (χ3v) is 3.43. The molecule has 0 saturated carbocycles. The Balaban J connectivity index is 2.24. The summed E-state index contributed by atoms with van der Waals surface area (Å²) in [4.78, 5) is 12.8. The Hall–Kier alpha value is -2.34. The summed E-state index contributed by atoms with van der Waals surface area (Å²) in [5.41, 5.74) is 0.814. The van der Waals surface area contributed by atoms with Gasteiger partial charge in [0, 0.05) is 5.56 Å². The molecule has 0 aliphatic heterocycles. The minimum atomic E-state index is -0.247. The van der Waals surface area contributed by atoms with Gasteiger partial charge in [0.05, 0.1) is 0 Å². The highest BCUT2D eigenvalue weighted by Crippen LogP contribution is 2.15. The Labute approximate surface area is 112 Å². The van der Waals surface area contributed by atoms with E-state index >= 15 is 0 Å². The molecule has 3 aromatic rings. The van der Waals surface area contributed by atoms with Crippen LogP contribution in [0.2, 0.25) is 0 Å². The van der Waals surface area contributed by atoms with Crippen molar-refractivity contribution < 1.29 is 0 Å². The molecule has 3 rings (SSSR count). The highest BCUT2D eigenvalue weighted by molar-refractivity contribution is 7.17. The number of benzene rings is 1. The van der Waals surface area contributed by atoms with Crippen molar-refractivity contribution in [3.05, 3.63) is 51.8 Å². The zero-order chi connectivity index (χ0) is 13.2. The molecular formula is C13H10N4OS. The van der Waals surface area contributed by atoms with Crippen LogP contribution in [0, 0.1) is 0 Å². The van der Waals surface area contributed by atoms with Crippen molar-refractivity contribution in [2.24, 2.45) is 0 Å². The van der Waals surface area contributed by atoms with Gasteiger partial charge >= 0.3 is 5.56 Å². The average Bonchev–Trinajstić information content (AvgIpc) is 2.84. The van der Waals surface area contributed by atoms with Crippen LogP contribution in [0.1, 0.15) is 11.9 Å². The van der Waals surface area contributed by atoms with Crippen LogP contribution in [0.25, 0.3) is 22.3 Å². The topological polar surface area (TPSA) is 60.2 Å². The van der Waals surface area contributed by atoms with Gasteiger partial charge in [0.25, 0.3) is 0 Å². The normalized spacial score (nSPS) is 11.4. The molecular weight excluding hydrogens is 260 g/mol. The highest BCUT2D eigenvalue weighted by atomic mass is 32.1. The molecule has 0 unspecified atom stereocenters. The third kappa shape index (κ3) is 2.06. The Kier molecular flexibility index (Phi) is 2.92. The Morgan fingerprint density at radius 1 is 1.21 bits per heavy atom. The van der Waals surface area contributed by atoms with Crippen LogP contribution in [0.4, 0.5) is 0 Å². The molecule has 0 bridgehead atoms. The maximum absolute atomic E-state index is 12.3. The highest BCUT2D eigenvalue weighted by Gasteiger charge is 2.11. The van der Waals surface area contributed by atoms with Gasteiger partial charge in [-0.15, -0.1) is 10.2 Å². The summed E-state index contributed by atoms with van der Waals surface area (Å²) >= 11 is 1.33. The number of hydrogen-bond donors (Lipinski definition) is 0. The third-order valence-electron chi connectivity index (χ3n) is 2.56. The van der Waals surface area contributed by atoms with Crippen molar-refractivity contribution in [1.29, 1.82) is 0 Å². The van der Waals surface area contributed by atoms with Crippen LogP contribution in [0.5, 0.6) is 0 Å². The smallest absolute Gasteiger partial charge is 0.265 e. The standard InChI is InChI=1S/C13H10N4OS/c1-2-6-10-16-17-12(18)11(14-15-13(17)19-10)9-7-4-3-5-8-9/h2-8H,1H3/b6-2+. The number of nitrogens with zero attached hydrogens (tertiary/aromatic N) is 4. The maximum Gasteiger partial charge on any atom is 0.302 e. The minimum Gasteiger partial charge on any atom is -0.265 e. The molecule has 0 fully saturated rings. The van der Waals surface area contributed by atoms with E-state index in [1.54, 1.807) is 0 Å². The molecule has 0 radical (unpaired) electrons. The molecule has 0 aliphatic carbocycles. The van der Waals surface area contributed by atoms with E-state index in [0.29, 0.717) is 10.7 Å². The SMILES string of the molecule is C/C=C/c1nn2c(=O)c(-c3ccccc3)nnc2s1. The van der Waals surface area contributed by atoms with Gasteiger partial charge in [0.1, 0.15) is 5.01 Å². The second kappa shape index (κ2) is 4.74. The monoisotopic (exact) mass is 270 g/mol. The predicted molar refractivity (Wildman–Crippen MR) is 75.1 cm³/mol. The van der Waals surface area contributed by atoms with Crippen LogP contribution in [-0.2, 0) is 0 Å². The fourth-order valence-corrected chi connectivity index (χ4v) is 2.52. The molecule has 2 aromatic heterocycles. The molecule has 0 saturated heterocycles. The molecule has 0 atom stereocenters. The fraction of sp³-hybridized carbons (Fsp3) is 0.0769. The summed E-state index contributed by atoms with van der Waals surface area (Å²) in [5, 5.41) is 13.0. The largest absolute Gasteiger partial charge is 0.302 e. The Bertz CT molecular complexity index is 804. The van der Waals surface area contributed by atoms with E-state index in [4.69, 9.17) is 0 Å². The van der Waals surface area contributed by atoms with Crippen LogP contribution in [0.3, 0.4) is 0 Å². The summed E-state index contributed by atoms with van der Waals surface area (Å²) in [5.74, 6) is 0. The first-order chi connectivity index (χ1) is 9.29. The van der Waals surface area contributed by atoms with Gasteiger partial charge in [-0.05, 0) is 13.0 Å². The van der Waals surface area contributed by atoms with E-state index < -0.39 is 0 Å². The molecule has 0 aliphatic rings. The Morgan fingerprint density at radius 2 is 2.00 bits per heavy atom. The van der Waals surface area contributed by atoms with Crippen LogP contribution in [-0.4, -0.2) is 19.8 Å². The molecule has 0 amide bonds. The summed E-state index contributed by atoms with van der Waals surface area (Å²) in [7, 11) is 0. The number of aromatic nitrogens is 4.